The fraction of sp³-hybridized carbons (Fsp3) is 0.278. The molecule has 0 aliphatic carbocycles. The van der Waals surface area contributed by atoms with Crippen molar-refractivity contribution in [2.24, 2.45) is 0 Å². The van der Waals surface area contributed by atoms with E-state index in [4.69, 9.17) is 13.3 Å². The summed E-state index contributed by atoms with van der Waals surface area (Å²) >= 11 is 2.70. The molecule has 0 spiro atoms. The van der Waals surface area contributed by atoms with Crippen LogP contribution in [0.2, 0.25) is 0 Å². The van der Waals surface area contributed by atoms with Crippen LogP contribution in [-0.4, -0.2) is 43.5 Å². The molecular formula is C18H17N5O4S2. The van der Waals surface area contributed by atoms with Crippen LogP contribution in [0.5, 0.6) is 0 Å². The molecule has 0 atom stereocenters. The maximum absolute atomic E-state index is 12.7. The number of hydrogen-bond donors (Lipinski definition) is 0. The minimum absolute atomic E-state index is 0.0783. The van der Waals surface area contributed by atoms with Crippen molar-refractivity contribution < 1.29 is 18.0 Å². The lowest BCUT2D eigenvalue weighted by Crippen LogP contribution is -2.32. The predicted octanol–water partition coefficient (Wildman–Crippen LogP) is 3.97. The Labute approximate surface area is 174 Å². The summed E-state index contributed by atoms with van der Waals surface area (Å²) in [4.78, 5) is 15.3. The number of hydrogen-bond acceptors (Lipinski definition) is 10. The van der Waals surface area contributed by atoms with Gasteiger partial charge in [0.15, 0.2) is 5.76 Å². The molecule has 9 nitrogen and oxygen atoms in total. The summed E-state index contributed by atoms with van der Waals surface area (Å²) in [6.45, 7) is 2.84. The molecule has 11 heteroatoms. The van der Waals surface area contributed by atoms with Gasteiger partial charge in [0.05, 0.1) is 23.4 Å². The van der Waals surface area contributed by atoms with E-state index in [0.29, 0.717) is 29.3 Å². The first-order valence-electron chi connectivity index (χ1n) is 8.87. The summed E-state index contributed by atoms with van der Waals surface area (Å²) < 4.78 is 16.4. The fourth-order valence-electron chi connectivity index (χ4n) is 2.53. The van der Waals surface area contributed by atoms with Gasteiger partial charge in [0.1, 0.15) is 0 Å². The van der Waals surface area contributed by atoms with Crippen molar-refractivity contribution in [1.82, 2.24) is 25.3 Å². The minimum Gasteiger partial charge on any atom is -0.459 e. The maximum atomic E-state index is 12.7. The van der Waals surface area contributed by atoms with Gasteiger partial charge in [-0.3, -0.25) is 4.79 Å². The van der Waals surface area contributed by atoms with Crippen LogP contribution < -0.4 is 0 Å². The molecule has 0 saturated carbocycles. The second-order valence-electron chi connectivity index (χ2n) is 5.93. The van der Waals surface area contributed by atoms with Crippen molar-refractivity contribution in [3.63, 3.8) is 0 Å². The summed E-state index contributed by atoms with van der Waals surface area (Å²) in [6.07, 6.45) is 2.34. The number of thiophene rings is 1. The summed E-state index contributed by atoms with van der Waals surface area (Å²) in [6, 6.07) is 7.29. The summed E-state index contributed by atoms with van der Waals surface area (Å²) in [5.41, 5.74) is 0. The van der Waals surface area contributed by atoms with E-state index in [1.165, 1.54) is 29.4 Å². The summed E-state index contributed by atoms with van der Waals surface area (Å²) in [5, 5.41) is 18.2. The van der Waals surface area contributed by atoms with Crippen LogP contribution in [0.4, 0.5) is 0 Å². The standard InChI is InChI=1S/C18H17N5O4S2/c1-2-7-23(10-14-19-21-17(26-14)13-6-4-9-28-13)15(24)11-29-18-22-20-16(27-18)12-5-3-8-25-12/h3-6,8-9H,2,7,10-11H2,1H3. The Kier molecular flexibility index (Phi) is 6.06. The van der Waals surface area contributed by atoms with Crippen LogP contribution in [-0.2, 0) is 11.3 Å². The molecule has 0 aliphatic heterocycles. The topological polar surface area (TPSA) is 111 Å². The second-order valence-corrected chi connectivity index (χ2v) is 7.81. The first-order chi connectivity index (χ1) is 14.2. The molecule has 29 heavy (non-hydrogen) atoms. The Morgan fingerprint density at radius 2 is 2.03 bits per heavy atom. The number of nitrogens with zero attached hydrogens (tertiary/aromatic N) is 5. The van der Waals surface area contributed by atoms with Crippen LogP contribution in [0.1, 0.15) is 19.2 Å². The third-order valence-corrected chi connectivity index (χ3v) is 5.49. The van der Waals surface area contributed by atoms with Gasteiger partial charge in [-0.05, 0) is 30.0 Å². The van der Waals surface area contributed by atoms with E-state index >= 15 is 0 Å². The number of furan rings is 1. The molecule has 4 aromatic heterocycles. The van der Waals surface area contributed by atoms with Crippen molar-refractivity contribution in [3.05, 3.63) is 41.8 Å². The normalized spacial score (nSPS) is 11.1. The molecule has 0 saturated heterocycles. The predicted molar refractivity (Wildman–Crippen MR) is 106 cm³/mol. The molecule has 4 aromatic rings. The maximum Gasteiger partial charge on any atom is 0.284 e. The van der Waals surface area contributed by atoms with Gasteiger partial charge in [0.2, 0.25) is 11.8 Å². The molecule has 0 unspecified atom stereocenters. The van der Waals surface area contributed by atoms with Crippen molar-refractivity contribution >= 4 is 29.0 Å². The Hall–Kier alpha value is -2.92. The number of rotatable bonds is 9. The SMILES string of the molecule is CCCN(Cc1nnc(-c2cccs2)o1)C(=O)CSc1nnc(-c2ccco2)o1. The van der Waals surface area contributed by atoms with Crippen LogP contribution in [0.15, 0.2) is 54.4 Å². The Morgan fingerprint density at radius 1 is 1.14 bits per heavy atom. The summed E-state index contributed by atoms with van der Waals surface area (Å²) in [5.74, 6) is 1.71. The van der Waals surface area contributed by atoms with Gasteiger partial charge in [-0.1, -0.05) is 24.8 Å². The van der Waals surface area contributed by atoms with E-state index in [2.05, 4.69) is 20.4 Å². The van der Waals surface area contributed by atoms with Crippen molar-refractivity contribution in [1.29, 1.82) is 0 Å². The van der Waals surface area contributed by atoms with Gasteiger partial charge in [-0.2, -0.15) is 0 Å². The van der Waals surface area contributed by atoms with Crippen LogP contribution in [0.25, 0.3) is 22.4 Å². The van der Waals surface area contributed by atoms with E-state index in [-0.39, 0.29) is 24.1 Å². The molecule has 1 amide bonds. The van der Waals surface area contributed by atoms with Crippen molar-refractivity contribution in [2.75, 3.05) is 12.3 Å². The monoisotopic (exact) mass is 431 g/mol. The zero-order chi connectivity index (χ0) is 20.1. The lowest BCUT2D eigenvalue weighted by Gasteiger charge is -2.19. The first-order valence-corrected chi connectivity index (χ1v) is 10.7. The Morgan fingerprint density at radius 3 is 2.79 bits per heavy atom. The van der Waals surface area contributed by atoms with Gasteiger partial charge < -0.3 is 18.2 Å². The van der Waals surface area contributed by atoms with Gasteiger partial charge in [-0.15, -0.1) is 31.7 Å². The van der Waals surface area contributed by atoms with E-state index < -0.39 is 0 Å². The average Bonchev–Trinajstić information content (AvgIpc) is 3.52. The van der Waals surface area contributed by atoms with Crippen molar-refractivity contribution in [3.8, 4) is 22.4 Å². The highest BCUT2D eigenvalue weighted by Gasteiger charge is 2.19. The molecule has 0 fully saturated rings. The number of carbonyl (C=O) groups is 1. The zero-order valence-corrected chi connectivity index (χ0v) is 17.1. The summed E-state index contributed by atoms with van der Waals surface area (Å²) in [7, 11) is 0. The molecule has 0 radical (unpaired) electrons. The lowest BCUT2D eigenvalue weighted by molar-refractivity contribution is -0.129. The molecule has 150 valence electrons. The molecular weight excluding hydrogens is 414 g/mol. The van der Waals surface area contributed by atoms with E-state index in [1.54, 1.807) is 17.0 Å². The molecule has 0 aromatic carbocycles. The van der Waals surface area contributed by atoms with Gasteiger partial charge in [0.25, 0.3) is 17.0 Å². The van der Waals surface area contributed by atoms with E-state index in [9.17, 15) is 4.79 Å². The number of aromatic nitrogens is 4. The number of thioether (sulfide) groups is 1. The highest BCUT2D eigenvalue weighted by molar-refractivity contribution is 7.99. The Balaban J connectivity index is 1.36. The van der Waals surface area contributed by atoms with Crippen molar-refractivity contribution in [2.45, 2.75) is 25.1 Å². The minimum atomic E-state index is -0.0783. The van der Waals surface area contributed by atoms with E-state index in [0.717, 1.165) is 11.3 Å². The number of amides is 1. The van der Waals surface area contributed by atoms with Crippen LogP contribution >= 0.6 is 23.1 Å². The lowest BCUT2D eigenvalue weighted by atomic mass is 10.4. The quantitative estimate of drug-likeness (QED) is 0.363. The molecule has 0 N–H and O–H groups in total. The Bertz CT molecular complexity index is 1040. The second kappa shape index (κ2) is 9.05. The van der Waals surface area contributed by atoms with Gasteiger partial charge >= 0.3 is 0 Å². The molecule has 4 rings (SSSR count). The third-order valence-electron chi connectivity index (χ3n) is 3.83. The van der Waals surface area contributed by atoms with Gasteiger partial charge in [-0.25, -0.2) is 0 Å². The number of carbonyl (C=O) groups excluding carboxylic acids is 1. The third kappa shape index (κ3) is 4.74. The molecule has 0 aliphatic rings. The zero-order valence-electron chi connectivity index (χ0n) is 15.5. The molecule has 0 bridgehead atoms. The van der Waals surface area contributed by atoms with Crippen LogP contribution in [0, 0.1) is 0 Å². The van der Waals surface area contributed by atoms with Crippen LogP contribution in [0.3, 0.4) is 0 Å². The highest BCUT2D eigenvalue weighted by atomic mass is 32.2. The highest BCUT2D eigenvalue weighted by Crippen LogP contribution is 2.25. The van der Waals surface area contributed by atoms with Gasteiger partial charge in [0, 0.05) is 6.54 Å². The largest absolute Gasteiger partial charge is 0.459 e. The average molecular weight is 431 g/mol. The molecule has 4 heterocycles. The van der Waals surface area contributed by atoms with E-state index in [1.807, 2.05) is 24.4 Å². The smallest absolute Gasteiger partial charge is 0.284 e. The fourth-order valence-corrected chi connectivity index (χ4v) is 3.84. The first kappa shape index (κ1) is 19.4.